The lowest BCUT2D eigenvalue weighted by Gasteiger charge is -2.01. The second kappa shape index (κ2) is 6.18. The largest absolute Gasteiger partial charge is 0.464 e. The van der Waals surface area contributed by atoms with E-state index in [1.807, 2.05) is 0 Å². The van der Waals surface area contributed by atoms with Gasteiger partial charge in [0.15, 0.2) is 5.70 Å². The van der Waals surface area contributed by atoms with Gasteiger partial charge in [-0.3, -0.25) is 0 Å². The minimum absolute atomic E-state index is 0.0610. The van der Waals surface area contributed by atoms with Gasteiger partial charge in [0.25, 0.3) is 0 Å². The summed E-state index contributed by atoms with van der Waals surface area (Å²) in [4.78, 5) is 15.0. The van der Waals surface area contributed by atoms with Crippen LogP contribution < -0.4 is 5.73 Å². The summed E-state index contributed by atoms with van der Waals surface area (Å²) in [6, 6.07) is 0. The molecule has 0 aliphatic carbocycles. The number of aliphatic imine (C=N–C) groups is 1. The van der Waals surface area contributed by atoms with E-state index in [-0.39, 0.29) is 11.4 Å². The van der Waals surface area contributed by atoms with Crippen LogP contribution in [-0.4, -0.2) is 17.7 Å². The Morgan fingerprint density at radius 2 is 2.29 bits per heavy atom. The van der Waals surface area contributed by atoms with Gasteiger partial charge in [-0.05, 0) is 22.9 Å². The minimum Gasteiger partial charge on any atom is -0.464 e. The van der Waals surface area contributed by atoms with E-state index in [2.05, 4.69) is 38.0 Å². The molecule has 0 aliphatic heterocycles. The standard InChI is InChI=1S/C9H11BrN2O2/c1-4-5-7(10)12-8(6(2)11)9(13)14-3/h5H,1,11H2,2-3H3/b8-6+,12-7?. The van der Waals surface area contributed by atoms with Crippen LogP contribution in [0, 0.1) is 0 Å². The Balaban J connectivity index is 5.09. The molecule has 76 valence electrons. The normalized spacial score (nSPS) is 12.6. The van der Waals surface area contributed by atoms with Gasteiger partial charge >= 0.3 is 5.97 Å². The van der Waals surface area contributed by atoms with Crippen LogP contribution in [0.15, 0.2) is 34.8 Å². The molecule has 0 aromatic heterocycles. The van der Waals surface area contributed by atoms with Crippen LogP contribution in [0.2, 0.25) is 0 Å². The van der Waals surface area contributed by atoms with E-state index in [0.717, 1.165) is 0 Å². The van der Waals surface area contributed by atoms with E-state index in [1.165, 1.54) is 13.2 Å². The molecule has 2 N–H and O–H groups in total. The molecule has 0 rings (SSSR count). The Morgan fingerprint density at radius 3 is 2.64 bits per heavy atom. The number of rotatable bonds is 3. The van der Waals surface area contributed by atoms with E-state index >= 15 is 0 Å². The molecule has 0 atom stereocenters. The Bertz CT molecular complexity index is 335. The predicted molar refractivity (Wildman–Crippen MR) is 59.0 cm³/mol. The third-order valence-corrected chi connectivity index (χ3v) is 1.60. The van der Waals surface area contributed by atoms with Crippen LogP contribution in [0.25, 0.3) is 0 Å². The van der Waals surface area contributed by atoms with Crippen LogP contribution in [0.3, 0.4) is 0 Å². The lowest BCUT2D eigenvalue weighted by Crippen LogP contribution is -2.10. The van der Waals surface area contributed by atoms with Gasteiger partial charge in [-0.2, -0.15) is 0 Å². The van der Waals surface area contributed by atoms with E-state index in [0.29, 0.717) is 4.62 Å². The summed E-state index contributed by atoms with van der Waals surface area (Å²) in [5, 5.41) is 0. The number of nitrogens with two attached hydrogens (primary N) is 1. The highest BCUT2D eigenvalue weighted by atomic mass is 79.9. The number of esters is 1. The quantitative estimate of drug-likeness (QED) is 0.361. The smallest absolute Gasteiger partial charge is 0.358 e. The first kappa shape index (κ1) is 12.7. The third-order valence-electron chi connectivity index (χ3n) is 1.19. The Kier molecular flexibility index (Phi) is 5.60. The van der Waals surface area contributed by atoms with Crippen molar-refractivity contribution in [3.05, 3.63) is 29.8 Å². The van der Waals surface area contributed by atoms with Gasteiger partial charge in [-0.15, -0.1) is 5.73 Å². The number of nitrogens with zero attached hydrogens (tertiary/aromatic N) is 1. The average Bonchev–Trinajstić information content (AvgIpc) is 2.13. The minimum atomic E-state index is -0.584. The summed E-state index contributed by atoms with van der Waals surface area (Å²) in [5.41, 5.74) is 8.30. The zero-order valence-electron chi connectivity index (χ0n) is 8.00. The maximum absolute atomic E-state index is 11.2. The van der Waals surface area contributed by atoms with Crippen molar-refractivity contribution in [1.82, 2.24) is 0 Å². The number of hydrogen-bond acceptors (Lipinski definition) is 4. The molecule has 4 nitrogen and oxygen atoms in total. The van der Waals surface area contributed by atoms with E-state index in [9.17, 15) is 4.79 Å². The van der Waals surface area contributed by atoms with E-state index < -0.39 is 5.97 Å². The van der Waals surface area contributed by atoms with Crippen molar-refractivity contribution in [2.75, 3.05) is 7.11 Å². The highest BCUT2D eigenvalue weighted by Gasteiger charge is 2.10. The molecule has 0 amide bonds. The Morgan fingerprint density at radius 1 is 1.71 bits per heavy atom. The van der Waals surface area contributed by atoms with Gasteiger partial charge in [0, 0.05) is 11.8 Å². The first-order chi connectivity index (χ1) is 6.52. The Hall–Kier alpha value is -1.32. The van der Waals surface area contributed by atoms with Gasteiger partial charge in [0.05, 0.1) is 7.11 Å². The second-order valence-electron chi connectivity index (χ2n) is 2.31. The summed E-state index contributed by atoms with van der Waals surface area (Å²) >= 11 is 3.10. The van der Waals surface area contributed by atoms with Crippen LogP contribution in [-0.2, 0) is 9.53 Å². The van der Waals surface area contributed by atoms with E-state index in [1.54, 1.807) is 6.92 Å². The first-order valence-electron chi connectivity index (χ1n) is 3.67. The van der Waals surface area contributed by atoms with E-state index in [4.69, 9.17) is 5.73 Å². The fourth-order valence-corrected chi connectivity index (χ4v) is 0.954. The molecule has 0 heterocycles. The van der Waals surface area contributed by atoms with Crippen molar-refractivity contribution in [1.29, 1.82) is 0 Å². The SMILES string of the molecule is C=C=CC(Br)=N/C(C(=O)OC)=C(\C)N. The molecule has 0 aromatic rings. The zero-order chi connectivity index (χ0) is 11.1. The van der Waals surface area contributed by atoms with Gasteiger partial charge in [0.2, 0.25) is 0 Å². The summed E-state index contributed by atoms with van der Waals surface area (Å²) in [6.45, 7) is 4.93. The number of ether oxygens (including phenoxy) is 1. The molecule has 0 bridgehead atoms. The number of hydrogen-bond donors (Lipinski definition) is 1. The van der Waals surface area contributed by atoms with Gasteiger partial charge in [0.1, 0.15) is 4.62 Å². The summed E-state index contributed by atoms with van der Waals surface area (Å²) < 4.78 is 4.90. The van der Waals surface area contributed by atoms with Crippen molar-refractivity contribution in [2.45, 2.75) is 6.92 Å². The van der Waals surface area contributed by atoms with Crippen molar-refractivity contribution in [3.8, 4) is 0 Å². The molecule has 0 radical (unpaired) electrons. The van der Waals surface area contributed by atoms with Gasteiger partial charge in [-0.1, -0.05) is 6.58 Å². The van der Waals surface area contributed by atoms with Crippen LogP contribution in [0.5, 0.6) is 0 Å². The fourth-order valence-electron chi connectivity index (χ4n) is 0.615. The highest BCUT2D eigenvalue weighted by molar-refractivity contribution is 9.18. The fraction of sp³-hybridized carbons (Fsp3) is 0.222. The molecule has 0 spiro atoms. The molecule has 14 heavy (non-hydrogen) atoms. The zero-order valence-corrected chi connectivity index (χ0v) is 9.59. The summed E-state index contributed by atoms with van der Waals surface area (Å²) in [7, 11) is 1.26. The average molecular weight is 259 g/mol. The molecule has 0 aliphatic rings. The van der Waals surface area contributed by atoms with Crippen LogP contribution in [0.1, 0.15) is 6.92 Å². The molecule has 5 heteroatoms. The maximum Gasteiger partial charge on any atom is 0.358 e. The lowest BCUT2D eigenvalue weighted by molar-refractivity contribution is -0.136. The molecular formula is C9H11BrN2O2. The monoisotopic (exact) mass is 258 g/mol. The van der Waals surface area contributed by atoms with Gasteiger partial charge < -0.3 is 10.5 Å². The number of carbonyl (C=O) groups is 1. The number of halogens is 1. The highest BCUT2D eigenvalue weighted by Crippen LogP contribution is 2.06. The second-order valence-corrected chi connectivity index (χ2v) is 3.12. The first-order valence-corrected chi connectivity index (χ1v) is 4.47. The van der Waals surface area contributed by atoms with Crippen molar-refractivity contribution >= 4 is 26.5 Å². The maximum atomic E-state index is 11.2. The molecular weight excluding hydrogens is 248 g/mol. The van der Waals surface area contributed by atoms with Crippen molar-refractivity contribution < 1.29 is 9.53 Å². The number of allylic oxidation sites excluding steroid dienone is 2. The Labute approximate surface area is 91.0 Å². The number of methoxy groups -OCH3 is 1. The van der Waals surface area contributed by atoms with Crippen LogP contribution in [0.4, 0.5) is 0 Å². The molecule has 0 saturated heterocycles. The van der Waals surface area contributed by atoms with Crippen molar-refractivity contribution in [3.63, 3.8) is 0 Å². The number of carbonyl (C=O) groups excluding carboxylic acids is 1. The third kappa shape index (κ3) is 4.07. The van der Waals surface area contributed by atoms with Crippen LogP contribution >= 0.6 is 15.9 Å². The summed E-state index contributed by atoms with van der Waals surface area (Å²) in [6.07, 6.45) is 1.46. The lowest BCUT2D eigenvalue weighted by atomic mass is 10.3. The topological polar surface area (TPSA) is 64.7 Å². The molecule has 0 unspecified atom stereocenters. The molecule has 0 aromatic carbocycles. The molecule has 0 fully saturated rings. The van der Waals surface area contributed by atoms with Crippen molar-refractivity contribution in [2.24, 2.45) is 10.7 Å². The molecule has 0 saturated carbocycles. The summed E-state index contributed by atoms with van der Waals surface area (Å²) in [5.74, 6) is -0.584. The van der Waals surface area contributed by atoms with Gasteiger partial charge in [-0.25, -0.2) is 9.79 Å². The predicted octanol–water partition coefficient (Wildman–Crippen LogP) is 1.48.